The van der Waals surface area contributed by atoms with E-state index >= 15 is 0 Å². The zero-order chi connectivity index (χ0) is 21.8. The molecule has 0 bridgehead atoms. The van der Waals surface area contributed by atoms with Gasteiger partial charge in [0.05, 0.1) is 11.3 Å². The monoisotopic (exact) mass is 437 g/mol. The highest BCUT2D eigenvalue weighted by Gasteiger charge is 2.21. The molecule has 6 heteroatoms. The van der Waals surface area contributed by atoms with Crippen LogP contribution in [0.4, 0.5) is 0 Å². The highest BCUT2D eigenvalue weighted by molar-refractivity contribution is 6.30. The second-order valence-corrected chi connectivity index (χ2v) is 8.42. The maximum atomic E-state index is 13.0. The van der Waals surface area contributed by atoms with Crippen molar-refractivity contribution in [1.29, 1.82) is 0 Å². The van der Waals surface area contributed by atoms with Crippen LogP contribution in [0.3, 0.4) is 0 Å². The van der Waals surface area contributed by atoms with Gasteiger partial charge in [-0.1, -0.05) is 41.9 Å². The number of piperazine rings is 1. The number of rotatable bonds is 6. The van der Waals surface area contributed by atoms with E-state index in [0.29, 0.717) is 17.2 Å². The molecule has 1 fully saturated rings. The van der Waals surface area contributed by atoms with E-state index in [4.69, 9.17) is 16.3 Å². The van der Waals surface area contributed by atoms with E-state index < -0.39 is 0 Å². The Morgan fingerprint density at radius 3 is 2.35 bits per heavy atom. The molecule has 0 amide bonds. The number of halogens is 1. The molecule has 1 saturated heterocycles. The standard InChI is InChI=1S/C25H28ClN3O2/c1-19-23(25(30)31-17-16-28-14-12-27(2)13-15-28)18-24(20-8-10-21(26)11-9-20)29(19)22-6-4-3-5-7-22/h3-11,18H,12-17H2,1-2H3. The highest BCUT2D eigenvalue weighted by atomic mass is 35.5. The first-order valence-electron chi connectivity index (χ1n) is 10.6. The summed E-state index contributed by atoms with van der Waals surface area (Å²) in [5.41, 5.74) is 4.38. The number of hydrogen-bond acceptors (Lipinski definition) is 4. The van der Waals surface area contributed by atoms with Gasteiger partial charge in [-0.15, -0.1) is 0 Å². The third kappa shape index (κ3) is 5.01. The summed E-state index contributed by atoms with van der Waals surface area (Å²) in [6, 6.07) is 19.6. The van der Waals surface area contributed by atoms with Crippen molar-refractivity contribution in [2.24, 2.45) is 0 Å². The molecule has 3 aromatic rings. The van der Waals surface area contributed by atoms with Crippen molar-refractivity contribution in [2.75, 3.05) is 46.4 Å². The molecular formula is C25H28ClN3O2. The van der Waals surface area contributed by atoms with Crippen LogP contribution in [-0.2, 0) is 4.74 Å². The van der Waals surface area contributed by atoms with Crippen LogP contribution >= 0.6 is 11.6 Å². The van der Waals surface area contributed by atoms with Gasteiger partial charge in [-0.3, -0.25) is 4.90 Å². The molecule has 31 heavy (non-hydrogen) atoms. The SMILES string of the molecule is Cc1c(C(=O)OCCN2CCN(C)CC2)cc(-c2ccc(Cl)cc2)n1-c1ccccc1. The van der Waals surface area contributed by atoms with E-state index in [1.54, 1.807) is 0 Å². The molecule has 0 spiro atoms. The van der Waals surface area contributed by atoms with Crippen molar-refractivity contribution >= 4 is 17.6 Å². The van der Waals surface area contributed by atoms with Crippen molar-refractivity contribution in [3.8, 4) is 16.9 Å². The van der Waals surface area contributed by atoms with Crippen LogP contribution in [0.5, 0.6) is 0 Å². The van der Waals surface area contributed by atoms with E-state index in [1.165, 1.54) is 0 Å². The molecule has 2 heterocycles. The van der Waals surface area contributed by atoms with Crippen molar-refractivity contribution in [1.82, 2.24) is 14.4 Å². The van der Waals surface area contributed by atoms with Gasteiger partial charge in [0.2, 0.25) is 0 Å². The molecule has 162 valence electrons. The van der Waals surface area contributed by atoms with Crippen LogP contribution in [0, 0.1) is 6.92 Å². The predicted molar refractivity (Wildman–Crippen MR) is 125 cm³/mol. The maximum absolute atomic E-state index is 13.0. The second kappa shape index (κ2) is 9.69. The number of ether oxygens (including phenoxy) is 1. The smallest absolute Gasteiger partial charge is 0.340 e. The lowest BCUT2D eigenvalue weighted by Crippen LogP contribution is -2.45. The van der Waals surface area contributed by atoms with Gasteiger partial charge >= 0.3 is 5.97 Å². The minimum absolute atomic E-state index is 0.281. The normalized spacial score (nSPS) is 15.2. The molecular weight excluding hydrogens is 410 g/mol. The first kappa shape index (κ1) is 21.6. The van der Waals surface area contributed by atoms with Crippen molar-refractivity contribution in [3.05, 3.63) is 76.9 Å². The van der Waals surface area contributed by atoms with Crippen LogP contribution in [0.1, 0.15) is 16.1 Å². The van der Waals surface area contributed by atoms with Crippen LogP contribution in [0.15, 0.2) is 60.7 Å². The highest BCUT2D eigenvalue weighted by Crippen LogP contribution is 2.30. The van der Waals surface area contributed by atoms with Gasteiger partial charge in [0, 0.05) is 49.1 Å². The number of nitrogens with zero attached hydrogens (tertiary/aromatic N) is 3. The fourth-order valence-electron chi connectivity index (χ4n) is 3.97. The van der Waals surface area contributed by atoms with E-state index in [0.717, 1.165) is 55.4 Å². The Hall–Kier alpha value is -2.60. The molecule has 1 aliphatic heterocycles. The van der Waals surface area contributed by atoms with E-state index in [-0.39, 0.29) is 5.97 Å². The Labute approximate surface area is 188 Å². The van der Waals surface area contributed by atoms with Gasteiger partial charge in [0.1, 0.15) is 6.61 Å². The number of esters is 1. The number of hydrogen-bond donors (Lipinski definition) is 0. The van der Waals surface area contributed by atoms with Gasteiger partial charge in [0.15, 0.2) is 0 Å². The molecule has 4 rings (SSSR count). The van der Waals surface area contributed by atoms with Crippen LogP contribution in [0.25, 0.3) is 16.9 Å². The summed E-state index contributed by atoms with van der Waals surface area (Å²) >= 11 is 6.08. The molecule has 0 N–H and O–H groups in total. The number of carbonyl (C=O) groups is 1. The minimum Gasteiger partial charge on any atom is -0.461 e. The predicted octanol–water partition coefficient (Wildman–Crippen LogP) is 4.51. The largest absolute Gasteiger partial charge is 0.461 e. The maximum Gasteiger partial charge on any atom is 0.340 e. The Morgan fingerprint density at radius 1 is 1.00 bits per heavy atom. The summed E-state index contributed by atoms with van der Waals surface area (Å²) < 4.78 is 7.77. The number of benzene rings is 2. The van der Waals surface area contributed by atoms with Gasteiger partial charge in [-0.05, 0) is 49.9 Å². The average Bonchev–Trinajstić information content (AvgIpc) is 3.13. The van der Waals surface area contributed by atoms with Gasteiger partial charge in [-0.25, -0.2) is 4.79 Å². The molecule has 0 unspecified atom stereocenters. The summed E-state index contributed by atoms with van der Waals surface area (Å²) in [6.07, 6.45) is 0. The van der Waals surface area contributed by atoms with Gasteiger partial charge in [0.25, 0.3) is 0 Å². The van der Waals surface area contributed by atoms with E-state index in [9.17, 15) is 4.79 Å². The number of para-hydroxylation sites is 1. The van der Waals surface area contributed by atoms with Crippen LogP contribution in [0.2, 0.25) is 5.02 Å². The first-order chi connectivity index (χ1) is 15.0. The summed E-state index contributed by atoms with van der Waals surface area (Å²) in [6.45, 7) is 7.26. The molecule has 0 aliphatic carbocycles. The summed E-state index contributed by atoms with van der Waals surface area (Å²) in [5, 5.41) is 0.682. The lowest BCUT2D eigenvalue weighted by molar-refractivity contribution is 0.0431. The zero-order valence-corrected chi connectivity index (χ0v) is 18.8. The Bertz CT molecular complexity index is 1020. The van der Waals surface area contributed by atoms with Crippen LogP contribution in [-0.4, -0.2) is 66.7 Å². The molecule has 1 aromatic heterocycles. The number of aromatic nitrogens is 1. The van der Waals surface area contributed by atoms with Crippen molar-refractivity contribution in [3.63, 3.8) is 0 Å². The molecule has 5 nitrogen and oxygen atoms in total. The number of likely N-dealkylation sites (N-methyl/N-ethyl adjacent to an activating group) is 1. The third-order valence-corrected chi connectivity index (χ3v) is 6.11. The Morgan fingerprint density at radius 2 is 1.68 bits per heavy atom. The fourth-order valence-corrected chi connectivity index (χ4v) is 4.10. The van der Waals surface area contributed by atoms with E-state index in [1.807, 2.05) is 67.6 Å². The molecule has 2 aromatic carbocycles. The average molecular weight is 438 g/mol. The second-order valence-electron chi connectivity index (χ2n) is 7.99. The Kier molecular flexibility index (Phi) is 6.76. The molecule has 0 atom stereocenters. The molecule has 1 aliphatic rings. The summed E-state index contributed by atoms with van der Waals surface area (Å²) in [4.78, 5) is 17.6. The third-order valence-electron chi connectivity index (χ3n) is 5.86. The quantitative estimate of drug-likeness (QED) is 0.532. The van der Waals surface area contributed by atoms with Crippen molar-refractivity contribution in [2.45, 2.75) is 6.92 Å². The van der Waals surface area contributed by atoms with Gasteiger partial charge < -0.3 is 14.2 Å². The first-order valence-corrected chi connectivity index (χ1v) is 11.0. The van der Waals surface area contributed by atoms with Crippen molar-refractivity contribution < 1.29 is 9.53 Å². The summed E-state index contributed by atoms with van der Waals surface area (Å²) in [5.74, 6) is -0.281. The van der Waals surface area contributed by atoms with Crippen LogP contribution < -0.4 is 0 Å². The lowest BCUT2D eigenvalue weighted by Gasteiger charge is -2.32. The zero-order valence-electron chi connectivity index (χ0n) is 18.1. The minimum atomic E-state index is -0.281. The van der Waals surface area contributed by atoms with Gasteiger partial charge in [-0.2, -0.15) is 0 Å². The molecule has 0 radical (unpaired) electrons. The Balaban J connectivity index is 1.56. The molecule has 0 saturated carbocycles. The lowest BCUT2D eigenvalue weighted by atomic mass is 10.1. The van der Waals surface area contributed by atoms with E-state index in [2.05, 4.69) is 21.4 Å². The topological polar surface area (TPSA) is 37.7 Å². The fraction of sp³-hybridized carbons (Fsp3) is 0.320. The number of carbonyl (C=O) groups excluding carboxylic acids is 1. The summed E-state index contributed by atoms with van der Waals surface area (Å²) in [7, 11) is 2.13.